The van der Waals surface area contributed by atoms with Gasteiger partial charge in [0.15, 0.2) is 0 Å². The number of rotatable bonds is 5. The van der Waals surface area contributed by atoms with Gasteiger partial charge >= 0.3 is 0 Å². The van der Waals surface area contributed by atoms with Crippen molar-refractivity contribution in [3.05, 3.63) is 29.8 Å². The Hall–Kier alpha value is -1.10. The van der Waals surface area contributed by atoms with Gasteiger partial charge in [0.2, 0.25) is 0 Å². The predicted octanol–water partition coefficient (Wildman–Crippen LogP) is 0.438. The van der Waals surface area contributed by atoms with E-state index in [9.17, 15) is 0 Å². The Morgan fingerprint density at radius 2 is 1.93 bits per heavy atom. The molecule has 0 saturated heterocycles. The summed E-state index contributed by atoms with van der Waals surface area (Å²) in [4.78, 5) is 0. The summed E-state index contributed by atoms with van der Waals surface area (Å²) in [5, 5.41) is 17.7. The third-order valence-electron chi connectivity index (χ3n) is 2.06. The van der Waals surface area contributed by atoms with E-state index in [4.69, 9.17) is 20.7 Å². The van der Waals surface area contributed by atoms with Crippen LogP contribution in [-0.4, -0.2) is 29.5 Å². The van der Waals surface area contributed by atoms with Crippen LogP contribution in [0.3, 0.4) is 0 Å². The first kappa shape index (κ1) is 12.0. The van der Waals surface area contributed by atoms with Crippen molar-refractivity contribution in [2.24, 2.45) is 5.73 Å². The van der Waals surface area contributed by atoms with E-state index in [0.717, 1.165) is 5.56 Å². The Morgan fingerprint density at radius 1 is 1.33 bits per heavy atom. The van der Waals surface area contributed by atoms with E-state index in [1.807, 2.05) is 19.1 Å². The summed E-state index contributed by atoms with van der Waals surface area (Å²) in [6.07, 6.45) is -0.835. The summed E-state index contributed by atoms with van der Waals surface area (Å²) in [7, 11) is 0. The molecule has 4 heteroatoms. The number of nitrogens with two attached hydrogens (primary N) is 1. The maximum Gasteiger partial charge on any atom is 0.119 e. The smallest absolute Gasteiger partial charge is 0.119 e. The van der Waals surface area contributed by atoms with Crippen LogP contribution in [0.1, 0.15) is 18.5 Å². The minimum Gasteiger partial charge on any atom is -0.491 e. The van der Waals surface area contributed by atoms with Crippen LogP contribution in [0.5, 0.6) is 5.75 Å². The van der Waals surface area contributed by atoms with Gasteiger partial charge in [0, 0.05) is 6.04 Å². The first-order chi connectivity index (χ1) is 7.13. The quantitative estimate of drug-likeness (QED) is 0.660. The van der Waals surface area contributed by atoms with E-state index < -0.39 is 6.10 Å². The Morgan fingerprint density at radius 3 is 2.40 bits per heavy atom. The molecular formula is C11H17NO3. The fourth-order valence-electron chi connectivity index (χ4n) is 1.11. The molecule has 0 amide bonds. The molecule has 0 aliphatic heterocycles. The SMILES string of the molecule is C[C@H](N)c1ccc(OCC(O)CO)cc1. The van der Waals surface area contributed by atoms with Gasteiger partial charge in [-0.15, -0.1) is 0 Å². The molecule has 0 radical (unpaired) electrons. The molecule has 1 rings (SSSR count). The van der Waals surface area contributed by atoms with Crippen LogP contribution in [-0.2, 0) is 0 Å². The highest BCUT2D eigenvalue weighted by molar-refractivity contribution is 5.28. The maximum atomic E-state index is 9.07. The standard InChI is InChI=1S/C11H17NO3/c1-8(12)9-2-4-11(5-3-9)15-7-10(14)6-13/h2-5,8,10,13-14H,6-7,12H2,1H3/t8-,10?/m0/s1. The van der Waals surface area contributed by atoms with Gasteiger partial charge in [-0.1, -0.05) is 12.1 Å². The van der Waals surface area contributed by atoms with E-state index >= 15 is 0 Å². The molecule has 0 aliphatic carbocycles. The van der Waals surface area contributed by atoms with Crippen LogP contribution in [0.4, 0.5) is 0 Å². The normalized spacial score (nSPS) is 14.7. The molecule has 0 bridgehead atoms. The van der Waals surface area contributed by atoms with Gasteiger partial charge in [-0.3, -0.25) is 0 Å². The molecule has 15 heavy (non-hydrogen) atoms. The van der Waals surface area contributed by atoms with E-state index in [1.54, 1.807) is 12.1 Å². The largest absolute Gasteiger partial charge is 0.491 e. The molecule has 0 aliphatic rings. The van der Waals surface area contributed by atoms with Crippen molar-refractivity contribution in [3.63, 3.8) is 0 Å². The van der Waals surface area contributed by atoms with Crippen LogP contribution in [0.25, 0.3) is 0 Å². The topological polar surface area (TPSA) is 75.7 Å². The molecule has 84 valence electrons. The van der Waals surface area contributed by atoms with Crippen molar-refractivity contribution in [3.8, 4) is 5.75 Å². The second kappa shape index (κ2) is 5.70. The predicted molar refractivity (Wildman–Crippen MR) is 57.6 cm³/mol. The van der Waals surface area contributed by atoms with Crippen LogP contribution in [0.15, 0.2) is 24.3 Å². The van der Waals surface area contributed by atoms with Crippen LogP contribution < -0.4 is 10.5 Å². The average molecular weight is 211 g/mol. The molecule has 1 aromatic carbocycles. The Labute approximate surface area is 89.3 Å². The van der Waals surface area contributed by atoms with E-state index in [-0.39, 0.29) is 19.3 Å². The summed E-state index contributed by atoms with van der Waals surface area (Å²) in [6.45, 7) is 1.71. The zero-order valence-electron chi connectivity index (χ0n) is 8.76. The van der Waals surface area contributed by atoms with Gasteiger partial charge in [0.05, 0.1) is 6.61 Å². The van der Waals surface area contributed by atoms with E-state index in [2.05, 4.69) is 0 Å². The summed E-state index contributed by atoms with van der Waals surface area (Å²) in [5.74, 6) is 0.659. The summed E-state index contributed by atoms with van der Waals surface area (Å²) in [6, 6.07) is 7.35. The number of aliphatic hydroxyl groups is 2. The maximum absolute atomic E-state index is 9.07. The van der Waals surface area contributed by atoms with Gasteiger partial charge in [-0.2, -0.15) is 0 Å². The minimum atomic E-state index is -0.835. The number of hydrogen-bond donors (Lipinski definition) is 3. The minimum absolute atomic E-state index is 0.00193. The molecule has 2 atom stereocenters. The molecule has 1 unspecified atom stereocenters. The van der Waals surface area contributed by atoms with Gasteiger partial charge in [-0.05, 0) is 24.6 Å². The number of hydrogen-bond acceptors (Lipinski definition) is 4. The molecular weight excluding hydrogens is 194 g/mol. The summed E-state index contributed by atoms with van der Waals surface area (Å²) in [5.41, 5.74) is 6.73. The van der Waals surface area contributed by atoms with Crippen molar-refractivity contribution in [1.82, 2.24) is 0 Å². The molecule has 0 saturated carbocycles. The molecule has 4 nitrogen and oxygen atoms in total. The van der Waals surface area contributed by atoms with Gasteiger partial charge in [0.1, 0.15) is 18.5 Å². The third-order valence-corrected chi connectivity index (χ3v) is 2.06. The Balaban J connectivity index is 2.50. The fraction of sp³-hybridized carbons (Fsp3) is 0.455. The van der Waals surface area contributed by atoms with E-state index in [0.29, 0.717) is 5.75 Å². The molecule has 1 aromatic rings. The molecule has 0 aromatic heterocycles. The molecule has 0 heterocycles. The van der Waals surface area contributed by atoms with Gasteiger partial charge in [-0.25, -0.2) is 0 Å². The second-order valence-corrected chi connectivity index (χ2v) is 3.51. The van der Waals surface area contributed by atoms with Gasteiger partial charge < -0.3 is 20.7 Å². The summed E-state index contributed by atoms with van der Waals surface area (Å²) >= 11 is 0. The first-order valence-electron chi connectivity index (χ1n) is 4.90. The van der Waals surface area contributed by atoms with Crippen molar-refractivity contribution in [2.45, 2.75) is 19.1 Å². The Bertz CT molecular complexity index is 284. The average Bonchev–Trinajstić information content (AvgIpc) is 2.26. The lowest BCUT2D eigenvalue weighted by Crippen LogP contribution is -2.21. The van der Waals surface area contributed by atoms with Crippen molar-refractivity contribution in [2.75, 3.05) is 13.2 Å². The zero-order valence-corrected chi connectivity index (χ0v) is 8.76. The monoisotopic (exact) mass is 211 g/mol. The van der Waals surface area contributed by atoms with E-state index in [1.165, 1.54) is 0 Å². The lowest BCUT2D eigenvalue weighted by atomic mass is 10.1. The lowest BCUT2D eigenvalue weighted by molar-refractivity contribution is 0.0536. The fourth-order valence-corrected chi connectivity index (χ4v) is 1.11. The highest BCUT2D eigenvalue weighted by Crippen LogP contribution is 2.16. The number of benzene rings is 1. The highest BCUT2D eigenvalue weighted by atomic mass is 16.5. The van der Waals surface area contributed by atoms with Crippen LogP contribution in [0, 0.1) is 0 Å². The third kappa shape index (κ3) is 3.87. The molecule has 0 spiro atoms. The van der Waals surface area contributed by atoms with Crippen LogP contribution in [0.2, 0.25) is 0 Å². The molecule has 0 fully saturated rings. The molecule has 4 N–H and O–H groups in total. The first-order valence-corrected chi connectivity index (χ1v) is 4.90. The Kier molecular flexibility index (Phi) is 4.55. The number of ether oxygens (including phenoxy) is 1. The van der Waals surface area contributed by atoms with Crippen LogP contribution >= 0.6 is 0 Å². The van der Waals surface area contributed by atoms with Crippen molar-refractivity contribution >= 4 is 0 Å². The zero-order chi connectivity index (χ0) is 11.3. The van der Waals surface area contributed by atoms with Crippen molar-refractivity contribution < 1.29 is 14.9 Å². The van der Waals surface area contributed by atoms with Crippen molar-refractivity contribution in [1.29, 1.82) is 0 Å². The summed E-state index contributed by atoms with van der Waals surface area (Å²) < 4.78 is 5.24. The van der Waals surface area contributed by atoms with Gasteiger partial charge in [0.25, 0.3) is 0 Å². The second-order valence-electron chi connectivity index (χ2n) is 3.51. The highest BCUT2D eigenvalue weighted by Gasteiger charge is 2.03. The lowest BCUT2D eigenvalue weighted by Gasteiger charge is -2.11. The number of aliphatic hydroxyl groups excluding tert-OH is 2.